The van der Waals surface area contributed by atoms with Crippen molar-refractivity contribution < 1.29 is 0 Å². The summed E-state index contributed by atoms with van der Waals surface area (Å²) in [5.74, 6) is 0. The van der Waals surface area contributed by atoms with Crippen molar-refractivity contribution >= 4 is 43.1 Å². The van der Waals surface area contributed by atoms with Crippen LogP contribution in [0.1, 0.15) is 11.1 Å². The maximum absolute atomic E-state index is 2.42. The van der Waals surface area contributed by atoms with Crippen LogP contribution in [0.2, 0.25) is 0 Å². The van der Waals surface area contributed by atoms with E-state index in [1.54, 1.807) is 0 Å². The molecule has 0 aromatic heterocycles. The topological polar surface area (TPSA) is 0 Å². The first kappa shape index (κ1) is 18.9. The average molecular weight is 443 g/mol. The minimum atomic E-state index is 0.985. The molecule has 0 heteroatoms. The summed E-state index contributed by atoms with van der Waals surface area (Å²) < 4.78 is 0. The van der Waals surface area contributed by atoms with Gasteiger partial charge in [0.2, 0.25) is 0 Å². The fraction of sp³-hybridized carbons (Fsp3) is 0.0286. The highest BCUT2D eigenvalue weighted by Crippen LogP contribution is 2.45. The van der Waals surface area contributed by atoms with Crippen molar-refractivity contribution in [2.45, 2.75) is 6.42 Å². The zero-order valence-electron chi connectivity index (χ0n) is 19.3. The number of hydrogen-bond donors (Lipinski definition) is 0. The van der Waals surface area contributed by atoms with E-state index in [2.05, 4.69) is 121 Å². The Bertz CT molecular complexity index is 1940. The smallest absolute Gasteiger partial charge is 0.000112 e. The second-order valence-electron chi connectivity index (χ2n) is 9.67. The maximum atomic E-state index is 2.42. The van der Waals surface area contributed by atoms with Gasteiger partial charge in [0.25, 0.3) is 0 Å². The Morgan fingerprint density at radius 1 is 0.343 bits per heavy atom. The fourth-order valence-electron chi connectivity index (χ4n) is 6.33. The molecule has 162 valence electrons. The molecule has 35 heavy (non-hydrogen) atoms. The molecule has 7 aromatic rings. The molecule has 0 radical (unpaired) electrons. The molecule has 0 nitrogen and oxygen atoms in total. The molecule has 0 spiro atoms. The van der Waals surface area contributed by atoms with E-state index in [1.165, 1.54) is 76.5 Å². The average Bonchev–Trinajstić information content (AvgIpc) is 3.32. The standard InChI is InChI=1S/C35H22/c1-2-9-24-22(8-1)16-18-32-30-15-7-14-25(35(30)21-34(24)32)23-17-19-31-28-12-4-3-10-26(28)27-11-5-6-13-29(27)33(31)20-23/h1-20H,21H2. The highest BCUT2D eigenvalue weighted by Gasteiger charge is 2.23. The summed E-state index contributed by atoms with van der Waals surface area (Å²) in [4.78, 5) is 0. The van der Waals surface area contributed by atoms with Crippen molar-refractivity contribution in [3.63, 3.8) is 0 Å². The van der Waals surface area contributed by atoms with Crippen LogP contribution in [0.3, 0.4) is 0 Å². The zero-order chi connectivity index (χ0) is 22.9. The van der Waals surface area contributed by atoms with Gasteiger partial charge >= 0.3 is 0 Å². The molecule has 0 bridgehead atoms. The Balaban J connectivity index is 1.39. The summed E-state index contributed by atoms with van der Waals surface area (Å²) in [5, 5.41) is 10.7. The number of benzene rings is 7. The van der Waals surface area contributed by atoms with Gasteiger partial charge in [-0.2, -0.15) is 0 Å². The first-order valence-electron chi connectivity index (χ1n) is 12.3. The summed E-state index contributed by atoms with van der Waals surface area (Å²) >= 11 is 0. The second kappa shape index (κ2) is 7.04. The lowest BCUT2D eigenvalue weighted by Crippen LogP contribution is -1.89. The van der Waals surface area contributed by atoms with E-state index in [1.807, 2.05) is 0 Å². The SMILES string of the molecule is c1cc(-c2ccc3c4ccccc4c4ccccc4c3c2)c2c(c1)-c1ccc3ccccc3c1C2. The van der Waals surface area contributed by atoms with Gasteiger partial charge in [0.1, 0.15) is 0 Å². The molecule has 0 unspecified atom stereocenters. The molecule has 0 atom stereocenters. The predicted octanol–water partition coefficient (Wildman–Crippen LogP) is 9.54. The van der Waals surface area contributed by atoms with E-state index in [9.17, 15) is 0 Å². The van der Waals surface area contributed by atoms with E-state index >= 15 is 0 Å². The minimum Gasteiger partial charge on any atom is -0.0616 e. The van der Waals surface area contributed by atoms with Gasteiger partial charge in [0, 0.05) is 0 Å². The molecule has 1 aliphatic rings. The van der Waals surface area contributed by atoms with E-state index in [0.29, 0.717) is 0 Å². The molecule has 0 N–H and O–H groups in total. The predicted molar refractivity (Wildman–Crippen MR) is 150 cm³/mol. The molecule has 1 aliphatic carbocycles. The lowest BCUT2D eigenvalue weighted by Gasteiger charge is -2.14. The van der Waals surface area contributed by atoms with Crippen molar-refractivity contribution in [3.05, 3.63) is 132 Å². The van der Waals surface area contributed by atoms with Crippen LogP contribution in [-0.4, -0.2) is 0 Å². The molecule has 0 heterocycles. The van der Waals surface area contributed by atoms with Gasteiger partial charge in [-0.3, -0.25) is 0 Å². The van der Waals surface area contributed by atoms with Crippen molar-refractivity contribution in [1.29, 1.82) is 0 Å². The van der Waals surface area contributed by atoms with Crippen LogP contribution < -0.4 is 0 Å². The molecule has 0 fully saturated rings. The summed E-state index contributed by atoms with van der Waals surface area (Å²) in [6.45, 7) is 0. The zero-order valence-corrected chi connectivity index (χ0v) is 19.3. The Hall–Kier alpha value is -4.42. The van der Waals surface area contributed by atoms with Crippen LogP contribution >= 0.6 is 0 Å². The molecule has 0 amide bonds. The van der Waals surface area contributed by atoms with Crippen LogP contribution in [0.4, 0.5) is 0 Å². The third-order valence-electron chi connectivity index (χ3n) is 7.92. The molecule has 8 rings (SSSR count). The van der Waals surface area contributed by atoms with Crippen LogP contribution in [-0.2, 0) is 6.42 Å². The van der Waals surface area contributed by atoms with Gasteiger partial charge in [-0.05, 0) is 89.0 Å². The van der Waals surface area contributed by atoms with E-state index in [0.717, 1.165) is 6.42 Å². The number of rotatable bonds is 1. The maximum Gasteiger partial charge on any atom is -0.000112 e. The van der Waals surface area contributed by atoms with Crippen LogP contribution in [0.25, 0.3) is 65.3 Å². The van der Waals surface area contributed by atoms with Crippen molar-refractivity contribution in [2.24, 2.45) is 0 Å². The Labute approximate surface area is 204 Å². The Morgan fingerprint density at radius 2 is 0.914 bits per heavy atom. The number of hydrogen-bond acceptors (Lipinski definition) is 0. The fourth-order valence-corrected chi connectivity index (χ4v) is 6.33. The van der Waals surface area contributed by atoms with Crippen LogP contribution in [0.5, 0.6) is 0 Å². The van der Waals surface area contributed by atoms with Gasteiger partial charge < -0.3 is 0 Å². The van der Waals surface area contributed by atoms with Gasteiger partial charge in [0.15, 0.2) is 0 Å². The number of fused-ring (bicyclic) bond motifs is 11. The lowest BCUT2D eigenvalue weighted by molar-refractivity contribution is 1.28. The molecule has 7 aromatic carbocycles. The molecule has 0 saturated heterocycles. The Morgan fingerprint density at radius 3 is 1.66 bits per heavy atom. The van der Waals surface area contributed by atoms with Gasteiger partial charge in [0.05, 0.1) is 0 Å². The molecule has 0 saturated carbocycles. The second-order valence-corrected chi connectivity index (χ2v) is 9.67. The monoisotopic (exact) mass is 442 g/mol. The van der Waals surface area contributed by atoms with Crippen LogP contribution in [0.15, 0.2) is 121 Å². The normalized spacial score (nSPS) is 12.5. The van der Waals surface area contributed by atoms with Gasteiger partial charge in [-0.1, -0.05) is 115 Å². The van der Waals surface area contributed by atoms with Crippen LogP contribution in [0, 0.1) is 0 Å². The van der Waals surface area contributed by atoms with Gasteiger partial charge in [-0.15, -0.1) is 0 Å². The highest BCUT2D eigenvalue weighted by atomic mass is 14.3. The van der Waals surface area contributed by atoms with E-state index in [4.69, 9.17) is 0 Å². The molecule has 0 aliphatic heterocycles. The summed E-state index contributed by atoms with van der Waals surface area (Å²) in [6.07, 6.45) is 0.985. The van der Waals surface area contributed by atoms with Gasteiger partial charge in [-0.25, -0.2) is 0 Å². The van der Waals surface area contributed by atoms with E-state index < -0.39 is 0 Å². The molecular weight excluding hydrogens is 420 g/mol. The third kappa shape index (κ3) is 2.63. The lowest BCUT2D eigenvalue weighted by atomic mass is 9.90. The van der Waals surface area contributed by atoms with Crippen molar-refractivity contribution in [3.8, 4) is 22.3 Å². The minimum absolute atomic E-state index is 0.985. The largest absolute Gasteiger partial charge is 0.0616 e. The summed E-state index contributed by atoms with van der Waals surface area (Å²) in [7, 11) is 0. The summed E-state index contributed by atoms with van der Waals surface area (Å²) in [6, 6.07) is 44.9. The van der Waals surface area contributed by atoms with Crippen molar-refractivity contribution in [1.82, 2.24) is 0 Å². The summed E-state index contributed by atoms with van der Waals surface area (Å²) in [5.41, 5.74) is 8.32. The Kier molecular flexibility index (Phi) is 3.81. The first-order chi connectivity index (χ1) is 17.4. The first-order valence-corrected chi connectivity index (χ1v) is 12.3. The van der Waals surface area contributed by atoms with E-state index in [-0.39, 0.29) is 0 Å². The quantitative estimate of drug-likeness (QED) is 0.222. The highest BCUT2D eigenvalue weighted by molar-refractivity contribution is 6.25. The van der Waals surface area contributed by atoms with Crippen molar-refractivity contribution in [2.75, 3.05) is 0 Å². The molecular formula is C35H22. The third-order valence-corrected chi connectivity index (χ3v) is 7.92.